The first-order valence-electron chi connectivity index (χ1n) is 6.26. The highest BCUT2D eigenvalue weighted by molar-refractivity contribution is 7.12. The molecule has 0 aliphatic carbocycles. The first-order chi connectivity index (χ1) is 9.47. The molecule has 0 aliphatic heterocycles. The average molecular weight is 293 g/mol. The van der Waals surface area contributed by atoms with Crippen LogP contribution in [0.25, 0.3) is 0 Å². The van der Waals surface area contributed by atoms with Crippen molar-refractivity contribution in [3.8, 4) is 0 Å². The van der Waals surface area contributed by atoms with Gasteiger partial charge in [0.05, 0.1) is 11.7 Å². The number of rotatable bonds is 4. The van der Waals surface area contributed by atoms with Gasteiger partial charge in [-0.1, -0.05) is 12.1 Å². The van der Waals surface area contributed by atoms with Crippen molar-refractivity contribution >= 4 is 17.2 Å². The molecule has 2 aromatic rings. The molecular weight excluding hydrogens is 277 g/mol. The number of hydrogen-bond acceptors (Lipinski definition) is 3. The Hall–Kier alpha value is -1.72. The van der Waals surface area contributed by atoms with Crippen LogP contribution < -0.4 is 5.32 Å². The second-order valence-electron chi connectivity index (χ2n) is 4.60. The molecule has 0 fully saturated rings. The number of amides is 1. The number of hydrogen-bond donors (Lipinski definition) is 2. The van der Waals surface area contributed by atoms with Crippen molar-refractivity contribution in [2.24, 2.45) is 0 Å². The number of thiophene rings is 1. The van der Waals surface area contributed by atoms with E-state index in [9.17, 15) is 14.3 Å². The third-order valence-electron chi connectivity index (χ3n) is 3.00. The maximum atomic E-state index is 12.8. The molecule has 0 saturated heterocycles. The Bertz CT molecular complexity index is 607. The van der Waals surface area contributed by atoms with Crippen LogP contribution in [0.3, 0.4) is 0 Å². The standard InChI is InChI=1S/C15H16FNO2S/c1-9-7-13(10(2)20-9)15(19)17-8-14(18)11-3-5-12(16)6-4-11/h3-7,14,18H,8H2,1-2H3,(H,17,19). The summed E-state index contributed by atoms with van der Waals surface area (Å²) >= 11 is 1.56. The van der Waals surface area contributed by atoms with Crippen molar-refractivity contribution in [1.82, 2.24) is 5.32 Å². The number of aryl methyl sites for hydroxylation is 2. The zero-order chi connectivity index (χ0) is 14.7. The number of carbonyl (C=O) groups is 1. The molecule has 5 heteroatoms. The lowest BCUT2D eigenvalue weighted by Gasteiger charge is -2.12. The molecule has 1 aromatic carbocycles. The van der Waals surface area contributed by atoms with E-state index in [2.05, 4.69) is 5.32 Å². The van der Waals surface area contributed by atoms with Crippen LogP contribution in [0.1, 0.15) is 31.8 Å². The van der Waals surface area contributed by atoms with Gasteiger partial charge in [-0.05, 0) is 37.6 Å². The van der Waals surface area contributed by atoms with Crippen LogP contribution in [0.5, 0.6) is 0 Å². The minimum absolute atomic E-state index is 0.0960. The van der Waals surface area contributed by atoms with Crippen molar-refractivity contribution < 1.29 is 14.3 Å². The van der Waals surface area contributed by atoms with Crippen LogP contribution in [0.15, 0.2) is 30.3 Å². The van der Waals surface area contributed by atoms with Gasteiger partial charge < -0.3 is 10.4 Å². The Morgan fingerprint density at radius 2 is 2.00 bits per heavy atom. The number of nitrogens with one attached hydrogen (secondary N) is 1. The van der Waals surface area contributed by atoms with Gasteiger partial charge in [0.2, 0.25) is 0 Å². The summed E-state index contributed by atoms with van der Waals surface area (Å²) < 4.78 is 12.8. The Balaban J connectivity index is 1.96. The summed E-state index contributed by atoms with van der Waals surface area (Å²) in [6.45, 7) is 3.93. The van der Waals surface area contributed by atoms with Crippen LogP contribution in [0.4, 0.5) is 4.39 Å². The Morgan fingerprint density at radius 1 is 1.35 bits per heavy atom. The van der Waals surface area contributed by atoms with E-state index in [0.717, 1.165) is 9.75 Å². The number of benzene rings is 1. The molecule has 1 aromatic heterocycles. The molecule has 3 nitrogen and oxygen atoms in total. The van der Waals surface area contributed by atoms with Gasteiger partial charge in [0, 0.05) is 16.3 Å². The quantitative estimate of drug-likeness (QED) is 0.910. The van der Waals surface area contributed by atoms with Gasteiger partial charge in [0.1, 0.15) is 5.82 Å². The maximum Gasteiger partial charge on any atom is 0.252 e. The molecule has 2 rings (SSSR count). The number of carbonyl (C=O) groups excluding carboxylic acids is 1. The van der Waals surface area contributed by atoms with Crippen molar-refractivity contribution in [3.63, 3.8) is 0 Å². The fraction of sp³-hybridized carbons (Fsp3) is 0.267. The first-order valence-corrected chi connectivity index (χ1v) is 7.08. The fourth-order valence-corrected chi connectivity index (χ4v) is 2.86. The topological polar surface area (TPSA) is 49.3 Å². The van der Waals surface area contributed by atoms with Crippen molar-refractivity contribution in [2.75, 3.05) is 6.54 Å². The lowest BCUT2D eigenvalue weighted by molar-refractivity contribution is 0.0916. The van der Waals surface area contributed by atoms with Crippen molar-refractivity contribution in [1.29, 1.82) is 0 Å². The highest BCUT2D eigenvalue weighted by Crippen LogP contribution is 2.20. The summed E-state index contributed by atoms with van der Waals surface area (Å²) in [7, 11) is 0. The Labute approximate surface area is 121 Å². The summed E-state index contributed by atoms with van der Waals surface area (Å²) in [6, 6.07) is 7.41. The lowest BCUT2D eigenvalue weighted by atomic mass is 10.1. The Kier molecular flexibility index (Phi) is 4.52. The predicted molar refractivity (Wildman–Crippen MR) is 77.5 cm³/mol. The molecule has 1 unspecified atom stereocenters. The number of halogens is 1. The smallest absolute Gasteiger partial charge is 0.252 e. The molecule has 0 saturated carbocycles. The van der Waals surface area contributed by atoms with E-state index < -0.39 is 6.10 Å². The second kappa shape index (κ2) is 6.15. The fourth-order valence-electron chi connectivity index (χ4n) is 1.94. The maximum absolute atomic E-state index is 12.8. The van der Waals surface area contributed by atoms with Gasteiger partial charge in [-0.25, -0.2) is 4.39 Å². The van der Waals surface area contributed by atoms with E-state index in [1.165, 1.54) is 24.3 Å². The molecule has 20 heavy (non-hydrogen) atoms. The van der Waals surface area contributed by atoms with Gasteiger partial charge in [0.15, 0.2) is 0 Å². The van der Waals surface area contributed by atoms with Gasteiger partial charge in [-0.15, -0.1) is 11.3 Å². The largest absolute Gasteiger partial charge is 0.387 e. The van der Waals surface area contributed by atoms with Crippen LogP contribution >= 0.6 is 11.3 Å². The predicted octanol–water partition coefficient (Wildman–Crippen LogP) is 2.97. The zero-order valence-electron chi connectivity index (χ0n) is 11.3. The SMILES string of the molecule is Cc1cc(C(=O)NCC(O)c2ccc(F)cc2)c(C)s1. The van der Waals surface area contributed by atoms with Crippen LogP contribution in [0, 0.1) is 19.7 Å². The summed E-state index contributed by atoms with van der Waals surface area (Å²) in [6.07, 6.45) is -0.848. The molecule has 0 bridgehead atoms. The van der Waals surface area contributed by atoms with Gasteiger partial charge >= 0.3 is 0 Å². The zero-order valence-corrected chi connectivity index (χ0v) is 12.1. The van der Waals surface area contributed by atoms with E-state index in [-0.39, 0.29) is 18.3 Å². The van der Waals surface area contributed by atoms with Crippen molar-refractivity contribution in [3.05, 3.63) is 57.0 Å². The van der Waals surface area contributed by atoms with E-state index in [1.807, 2.05) is 19.9 Å². The monoisotopic (exact) mass is 293 g/mol. The highest BCUT2D eigenvalue weighted by atomic mass is 32.1. The normalized spacial score (nSPS) is 12.2. The molecule has 2 N–H and O–H groups in total. The summed E-state index contributed by atoms with van der Waals surface area (Å²) in [5.74, 6) is -0.553. The van der Waals surface area contributed by atoms with E-state index in [1.54, 1.807) is 11.3 Å². The van der Waals surface area contributed by atoms with Gasteiger partial charge in [-0.3, -0.25) is 4.79 Å². The average Bonchev–Trinajstić information content (AvgIpc) is 2.75. The minimum atomic E-state index is -0.848. The lowest BCUT2D eigenvalue weighted by Crippen LogP contribution is -2.28. The molecule has 0 aliphatic rings. The van der Waals surface area contributed by atoms with Gasteiger partial charge in [-0.2, -0.15) is 0 Å². The molecule has 1 atom stereocenters. The van der Waals surface area contributed by atoms with Gasteiger partial charge in [0.25, 0.3) is 5.91 Å². The van der Waals surface area contributed by atoms with Crippen LogP contribution in [-0.4, -0.2) is 17.6 Å². The van der Waals surface area contributed by atoms with E-state index in [4.69, 9.17) is 0 Å². The summed E-state index contributed by atoms with van der Waals surface area (Å²) in [4.78, 5) is 14.0. The minimum Gasteiger partial charge on any atom is -0.387 e. The number of aliphatic hydroxyl groups excluding tert-OH is 1. The molecule has 1 amide bonds. The molecule has 1 heterocycles. The Morgan fingerprint density at radius 3 is 2.55 bits per heavy atom. The third-order valence-corrected chi connectivity index (χ3v) is 3.96. The van der Waals surface area contributed by atoms with E-state index >= 15 is 0 Å². The molecule has 0 spiro atoms. The van der Waals surface area contributed by atoms with Crippen LogP contribution in [0.2, 0.25) is 0 Å². The summed E-state index contributed by atoms with van der Waals surface area (Å²) in [5, 5.41) is 12.6. The first kappa shape index (κ1) is 14.7. The highest BCUT2D eigenvalue weighted by Gasteiger charge is 2.14. The number of aliphatic hydroxyl groups is 1. The molecule has 106 valence electrons. The molecular formula is C15H16FNO2S. The van der Waals surface area contributed by atoms with E-state index in [0.29, 0.717) is 11.1 Å². The van der Waals surface area contributed by atoms with Crippen LogP contribution in [-0.2, 0) is 0 Å². The second-order valence-corrected chi connectivity index (χ2v) is 6.06. The van der Waals surface area contributed by atoms with Crippen molar-refractivity contribution in [2.45, 2.75) is 20.0 Å². The molecule has 0 radical (unpaired) electrons. The third kappa shape index (κ3) is 3.43. The summed E-state index contributed by atoms with van der Waals surface area (Å²) in [5.41, 5.74) is 1.21.